The second-order valence-corrected chi connectivity index (χ2v) is 7.38. The molecule has 1 unspecified atom stereocenters. The highest BCUT2D eigenvalue weighted by atomic mass is 19.1. The van der Waals surface area contributed by atoms with E-state index in [0.29, 0.717) is 12.8 Å². The molecule has 1 aromatic carbocycles. The minimum absolute atomic E-state index is 0.150. The van der Waals surface area contributed by atoms with Gasteiger partial charge >= 0.3 is 0 Å². The Bertz CT molecular complexity index is 806. The minimum Gasteiger partial charge on any atom is -0.323 e. The van der Waals surface area contributed by atoms with Crippen LogP contribution in [0.2, 0.25) is 0 Å². The number of nitrogens with one attached hydrogen (secondary N) is 1. The average Bonchev–Trinajstić information content (AvgIpc) is 2.61. The molecule has 0 saturated carbocycles. The Balaban J connectivity index is 2.25. The highest BCUT2D eigenvalue weighted by Gasteiger charge is 2.21. The van der Waals surface area contributed by atoms with Crippen molar-refractivity contribution < 1.29 is 4.39 Å². The van der Waals surface area contributed by atoms with Crippen molar-refractivity contribution in [2.75, 3.05) is 0 Å². The van der Waals surface area contributed by atoms with E-state index in [1.807, 2.05) is 33.8 Å². The number of nitrogens with zero attached hydrogens (tertiary/aromatic N) is 1. The molecule has 2 rings (SSSR count). The summed E-state index contributed by atoms with van der Waals surface area (Å²) < 4.78 is 14.2. The number of halogens is 1. The summed E-state index contributed by atoms with van der Waals surface area (Å²) in [6, 6.07) is 4.88. The van der Waals surface area contributed by atoms with Gasteiger partial charge in [0.25, 0.3) is 0 Å². The van der Waals surface area contributed by atoms with E-state index in [9.17, 15) is 4.39 Å². The summed E-state index contributed by atoms with van der Waals surface area (Å²) in [5.74, 6) is -0.150. The van der Waals surface area contributed by atoms with E-state index in [0.717, 1.165) is 45.7 Å². The summed E-state index contributed by atoms with van der Waals surface area (Å²) in [6.07, 6.45) is 7.37. The van der Waals surface area contributed by atoms with Crippen LogP contribution in [-0.4, -0.2) is 17.2 Å². The first kappa shape index (κ1) is 20.8. The van der Waals surface area contributed by atoms with Crippen LogP contribution in [0.4, 0.5) is 4.39 Å². The quantitative estimate of drug-likeness (QED) is 0.635. The fourth-order valence-corrected chi connectivity index (χ4v) is 3.36. The first-order valence-corrected chi connectivity index (χ1v) is 9.28. The Labute approximate surface area is 162 Å². The zero-order valence-electron chi connectivity index (χ0n) is 16.8. The van der Waals surface area contributed by atoms with Crippen LogP contribution in [0.3, 0.4) is 0 Å². The first-order chi connectivity index (χ1) is 12.7. The average molecular weight is 368 g/mol. The Morgan fingerprint density at radius 3 is 2.59 bits per heavy atom. The predicted molar refractivity (Wildman–Crippen MR) is 112 cm³/mol. The number of nitrogens with two attached hydrogens (primary N) is 1. The maximum atomic E-state index is 14.2. The van der Waals surface area contributed by atoms with Gasteiger partial charge in [-0.3, -0.25) is 0 Å². The summed E-state index contributed by atoms with van der Waals surface area (Å²) in [5.41, 5.74) is 13.0. The Hall–Kier alpha value is -2.46. The van der Waals surface area contributed by atoms with Gasteiger partial charge in [-0.05, 0) is 68.9 Å². The van der Waals surface area contributed by atoms with Gasteiger partial charge < -0.3 is 16.0 Å². The largest absolute Gasteiger partial charge is 0.323 e. The normalized spacial score (nSPS) is 15.2. The number of rotatable bonds is 7. The van der Waals surface area contributed by atoms with Gasteiger partial charge in [0.1, 0.15) is 5.82 Å². The molecule has 4 heteroatoms. The number of allylic oxidation sites excluding steroid dienone is 4. The Morgan fingerprint density at radius 1 is 1.30 bits per heavy atom. The third-order valence-corrected chi connectivity index (χ3v) is 4.90. The lowest BCUT2D eigenvalue weighted by Crippen LogP contribution is -2.29. The molecule has 1 aliphatic heterocycles. The first-order valence-electron chi connectivity index (χ1n) is 9.28. The number of benzene rings is 1. The maximum Gasteiger partial charge on any atom is 0.126 e. The molecule has 0 bridgehead atoms. The molecule has 1 atom stereocenters. The molecule has 0 amide bonds. The molecule has 0 aliphatic carbocycles. The summed E-state index contributed by atoms with van der Waals surface area (Å²) in [5, 5.41) is 7.41. The van der Waals surface area contributed by atoms with E-state index in [2.05, 4.69) is 23.8 Å². The molecular weight excluding hydrogens is 337 g/mol. The van der Waals surface area contributed by atoms with Crippen molar-refractivity contribution in [1.29, 1.82) is 5.41 Å². The molecule has 0 fully saturated rings. The summed E-state index contributed by atoms with van der Waals surface area (Å²) >= 11 is 0. The van der Waals surface area contributed by atoms with Gasteiger partial charge in [-0.1, -0.05) is 30.4 Å². The molecule has 1 aromatic rings. The zero-order valence-corrected chi connectivity index (χ0v) is 16.8. The van der Waals surface area contributed by atoms with E-state index in [1.165, 1.54) is 12.3 Å². The van der Waals surface area contributed by atoms with Crippen LogP contribution in [0.15, 0.2) is 65.2 Å². The van der Waals surface area contributed by atoms with Crippen molar-refractivity contribution in [2.24, 2.45) is 5.73 Å². The highest BCUT2D eigenvalue weighted by Crippen LogP contribution is 2.32. The van der Waals surface area contributed by atoms with E-state index >= 15 is 0 Å². The third kappa shape index (κ3) is 5.04. The van der Waals surface area contributed by atoms with Gasteiger partial charge in [0.05, 0.1) is 0 Å². The van der Waals surface area contributed by atoms with Crippen LogP contribution in [-0.2, 0) is 6.42 Å². The van der Waals surface area contributed by atoms with Crippen molar-refractivity contribution in [2.45, 2.75) is 53.0 Å². The van der Waals surface area contributed by atoms with E-state index < -0.39 is 0 Å². The Morgan fingerprint density at radius 2 is 2.00 bits per heavy atom. The second kappa shape index (κ2) is 8.96. The fourth-order valence-electron chi connectivity index (χ4n) is 3.36. The lowest BCUT2D eigenvalue weighted by atomic mass is 9.94. The third-order valence-electron chi connectivity index (χ3n) is 4.90. The lowest BCUT2D eigenvalue weighted by Gasteiger charge is -2.33. The van der Waals surface area contributed by atoms with Crippen LogP contribution in [0.25, 0.3) is 0 Å². The summed E-state index contributed by atoms with van der Waals surface area (Å²) in [4.78, 5) is 2.08. The van der Waals surface area contributed by atoms with E-state index in [1.54, 1.807) is 6.07 Å². The summed E-state index contributed by atoms with van der Waals surface area (Å²) in [6.45, 7) is 12.4. The maximum absolute atomic E-state index is 14.2. The van der Waals surface area contributed by atoms with Gasteiger partial charge in [-0.15, -0.1) is 0 Å². The molecule has 0 saturated heterocycles. The number of aryl methyl sites for hydroxylation is 1. The van der Waals surface area contributed by atoms with Crippen LogP contribution >= 0.6 is 0 Å². The van der Waals surface area contributed by atoms with Crippen molar-refractivity contribution in [3.63, 3.8) is 0 Å². The molecule has 144 valence electrons. The standard InChI is InChI=1S/C23H30FN3/c1-15(2)23(12-20(26)13-25)27-14-16(3)11-19(18(27)5)9-10-21-17(4)7-6-8-22(21)24/h6-8,11,13-14,20,25H,5,9-10,12,26H2,1-4H3. The smallest absolute Gasteiger partial charge is 0.126 e. The van der Waals surface area contributed by atoms with Crippen molar-refractivity contribution in [3.8, 4) is 0 Å². The predicted octanol–water partition coefficient (Wildman–Crippen LogP) is 5.39. The van der Waals surface area contributed by atoms with E-state index in [-0.39, 0.29) is 11.9 Å². The van der Waals surface area contributed by atoms with Crippen LogP contribution < -0.4 is 5.73 Å². The SMILES string of the molecule is C=C1C(CCc2c(C)cccc2F)=CC(C)=CN1C(CC(N)C=N)=C(C)C. The molecule has 0 aromatic heterocycles. The second-order valence-electron chi connectivity index (χ2n) is 7.38. The highest BCUT2D eigenvalue weighted by molar-refractivity contribution is 5.61. The van der Waals surface area contributed by atoms with Crippen LogP contribution in [0.5, 0.6) is 0 Å². The number of hydrogen-bond acceptors (Lipinski definition) is 3. The molecule has 3 nitrogen and oxygen atoms in total. The molecule has 1 heterocycles. The number of hydrogen-bond donors (Lipinski definition) is 2. The van der Waals surface area contributed by atoms with Gasteiger partial charge in [0.15, 0.2) is 0 Å². The topological polar surface area (TPSA) is 53.1 Å². The molecular formula is C23H30FN3. The van der Waals surface area contributed by atoms with Crippen molar-refractivity contribution in [1.82, 2.24) is 4.90 Å². The molecule has 27 heavy (non-hydrogen) atoms. The van der Waals surface area contributed by atoms with Gasteiger partial charge in [0.2, 0.25) is 0 Å². The Kier molecular flexibility index (Phi) is 6.92. The zero-order chi connectivity index (χ0) is 20.1. The molecule has 1 aliphatic rings. The van der Waals surface area contributed by atoms with Crippen LogP contribution in [0.1, 0.15) is 44.7 Å². The van der Waals surface area contributed by atoms with Crippen molar-refractivity contribution in [3.05, 3.63) is 82.1 Å². The monoisotopic (exact) mass is 367 g/mol. The molecule has 0 radical (unpaired) electrons. The minimum atomic E-state index is -0.327. The summed E-state index contributed by atoms with van der Waals surface area (Å²) in [7, 11) is 0. The van der Waals surface area contributed by atoms with E-state index in [4.69, 9.17) is 11.1 Å². The van der Waals surface area contributed by atoms with Crippen molar-refractivity contribution >= 4 is 6.21 Å². The van der Waals surface area contributed by atoms with Gasteiger partial charge in [-0.25, -0.2) is 4.39 Å². The van der Waals surface area contributed by atoms with Crippen LogP contribution in [0, 0.1) is 18.2 Å². The molecule has 0 spiro atoms. The van der Waals surface area contributed by atoms with Gasteiger partial charge in [-0.2, -0.15) is 0 Å². The molecule has 3 N–H and O–H groups in total. The van der Waals surface area contributed by atoms with Gasteiger partial charge in [0, 0.05) is 36.3 Å². The fraction of sp³-hybridized carbons (Fsp3) is 0.348. The lowest BCUT2D eigenvalue weighted by molar-refractivity contribution is 0.522.